The summed E-state index contributed by atoms with van der Waals surface area (Å²) in [5.41, 5.74) is 1.73. The Morgan fingerprint density at radius 3 is 2.25 bits per heavy atom. The first-order chi connectivity index (χ1) is 15.7. The molecule has 32 heavy (non-hydrogen) atoms. The largest absolute Gasteiger partial charge is 0.368 e. The van der Waals surface area contributed by atoms with Gasteiger partial charge in [-0.3, -0.25) is 4.90 Å². The summed E-state index contributed by atoms with van der Waals surface area (Å²) in [7, 11) is 0. The third-order valence-electron chi connectivity index (χ3n) is 9.90. The number of hydrogen-bond acceptors (Lipinski definition) is 3. The van der Waals surface area contributed by atoms with Crippen LogP contribution in [0.25, 0.3) is 0 Å². The van der Waals surface area contributed by atoms with Gasteiger partial charge in [0, 0.05) is 24.5 Å². The van der Waals surface area contributed by atoms with Gasteiger partial charge in [-0.25, -0.2) is 0 Å². The summed E-state index contributed by atoms with van der Waals surface area (Å²) in [4.78, 5) is 2.97. The fourth-order valence-electron chi connectivity index (χ4n) is 8.33. The van der Waals surface area contributed by atoms with Crippen molar-refractivity contribution in [1.82, 2.24) is 4.90 Å². The average molecular weight is 442 g/mol. The summed E-state index contributed by atoms with van der Waals surface area (Å²) in [6.45, 7) is 1.23. The molecular formula is C29H47NO2. The Kier molecular flexibility index (Phi) is 7.76. The lowest BCUT2D eigenvalue weighted by Crippen LogP contribution is -2.47. The van der Waals surface area contributed by atoms with Gasteiger partial charge < -0.3 is 10.2 Å². The Morgan fingerprint density at radius 2 is 1.53 bits per heavy atom. The third-order valence-corrected chi connectivity index (χ3v) is 9.90. The molecule has 3 unspecified atom stereocenters. The minimum Gasteiger partial charge on any atom is -0.368 e. The summed E-state index contributed by atoms with van der Waals surface area (Å²) in [5.74, 6) is 3.23. The molecule has 4 aliphatic carbocycles. The predicted molar refractivity (Wildman–Crippen MR) is 131 cm³/mol. The summed E-state index contributed by atoms with van der Waals surface area (Å²) in [6.07, 6.45) is 27.4. The molecule has 5 rings (SSSR count). The summed E-state index contributed by atoms with van der Waals surface area (Å²) >= 11 is 0. The molecule has 0 spiro atoms. The van der Waals surface area contributed by atoms with Gasteiger partial charge in [0.05, 0.1) is 0 Å². The Balaban J connectivity index is 1.48. The molecule has 5 atom stereocenters. The van der Waals surface area contributed by atoms with Gasteiger partial charge in [0.1, 0.15) is 0 Å². The molecule has 3 fully saturated rings. The van der Waals surface area contributed by atoms with Crippen molar-refractivity contribution in [3.63, 3.8) is 0 Å². The Labute approximate surface area is 196 Å². The summed E-state index contributed by atoms with van der Waals surface area (Å²) < 4.78 is 0. The van der Waals surface area contributed by atoms with Crippen molar-refractivity contribution < 1.29 is 10.2 Å². The van der Waals surface area contributed by atoms with Gasteiger partial charge in [-0.2, -0.15) is 0 Å². The first kappa shape index (κ1) is 23.1. The van der Waals surface area contributed by atoms with Crippen LogP contribution in [0.4, 0.5) is 0 Å². The standard InChI is InChI=1S/C29H47NO2/c31-29(32)24-17-18-25-26(19-24)30(20-21-11-5-1-2-6-12-21)28(23-15-9-4-10-16-23)27(25)22-13-7-3-8-14-22/h1,5,18,21-24,26-29,31-32H,2-4,6-17,19-20H2/t21-,24?,26?,27?,28-/m0/s1. The molecular weight excluding hydrogens is 394 g/mol. The van der Waals surface area contributed by atoms with Gasteiger partial charge in [-0.05, 0) is 87.9 Å². The number of rotatable bonds is 5. The molecule has 180 valence electrons. The Hall–Kier alpha value is -0.640. The minimum atomic E-state index is -1.17. The number of likely N-dealkylation sites (tertiary alicyclic amines) is 1. The van der Waals surface area contributed by atoms with E-state index in [-0.39, 0.29) is 5.92 Å². The normalized spacial score (nSPS) is 38.0. The van der Waals surface area contributed by atoms with Crippen molar-refractivity contribution in [1.29, 1.82) is 0 Å². The first-order valence-corrected chi connectivity index (χ1v) is 14.2. The lowest BCUT2D eigenvalue weighted by atomic mass is 9.68. The van der Waals surface area contributed by atoms with Crippen molar-refractivity contribution in [2.75, 3.05) is 6.54 Å². The molecule has 3 heteroatoms. The van der Waals surface area contributed by atoms with Crippen molar-refractivity contribution in [3.8, 4) is 0 Å². The average Bonchev–Trinajstić information content (AvgIpc) is 2.95. The topological polar surface area (TPSA) is 43.7 Å². The van der Waals surface area contributed by atoms with Crippen LogP contribution in [0, 0.1) is 29.6 Å². The summed E-state index contributed by atoms with van der Waals surface area (Å²) in [5, 5.41) is 20.1. The molecule has 2 N–H and O–H groups in total. The van der Waals surface area contributed by atoms with Crippen LogP contribution in [0.1, 0.15) is 103 Å². The van der Waals surface area contributed by atoms with E-state index in [2.05, 4.69) is 23.1 Å². The molecule has 2 saturated carbocycles. The highest BCUT2D eigenvalue weighted by atomic mass is 16.5. The zero-order valence-corrected chi connectivity index (χ0v) is 20.2. The van der Waals surface area contributed by atoms with E-state index >= 15 is 0 Å². The van der Waals surface area contributed by atoms with Crippen LogP contribution < -0.4 is 0 Å². The molecule has 0 amide bonds. The highest BCUT2D eigenvalue weighted by molar-refractivity contribution is 5.28. The Bertz CT molecular complexity index is 658. The third kappa shape index (κ3) is 4.91. The minimum absolute atomic E-state index is 0.0115. The summed E-state index contributed by atoms with van der Waals surface area (Å²) in [6, 6.07) is 1.16. The van der Waals surface area contributed by atoms with Crippen LogP contribution in [0.2, 0.25) is 0 Å². The van der Waals surface area contributed by atoms with Gasteiger partial charge >= 0.3 is 0 Å². The fraction of sp³-hybridized carbons (Fsp3) is 0.862. The number of nitrogens with zero attached hydrogens (tertiary/aromatic N) is 1. The molecule has 1 heterocycles. The number of hydrogen-bond donors (Lipinski definition) is 2. The van der Waals surface area contributed by atoms with Crippen molar-refractivity contribution in [2.45, 2.75) is 121 Å². The maximum atomic E-state index is 10.1. The number of aliphatic hydroxyl groups excluding tert-OH is 1. The van der Waals surface area contributed by atoms with Crippen LogP contribution in [-0.4, -0.2) is 40.0 Å². The zero-order valence-electron chi connectivity index (χ0n) is 20.2. The second kappa shape index (κ2) is 10.7. The van der Waals surface area contributed by atoms with Crippen LogP contribution in [0.3, 0.4) is 0 Å². The molecule has 3 nitrogen and oxygen atoms in total. The molecule has 5 aliphatic rings. The maximum absolute atomic E-state index is 10.1. The van der Waals surface area contributed by atoms with Crippen molar-refractivity contribution >= 4 is 0 Å². The van der Waals surface area contributed by atoms with E-state index in [1.165, 1.54) is 96.4 Å². The van der Waals surface area contributed by atoms with E-state index in [1.54, 1.807) is 5.57 Å². The quantitative estimate of drug-likeness (QED) is 0.394. The van der Waals surface area contributed by atoms with Gasteiger partial charge in [-0.1, -0.05) is 62.3 Å². The van der Waals surface area contributed by atoms with E-state index < -0.39 is 6.29 Å². The monoisotopic (exact) mass is 441 g/mol. The molecule has 0 bridgehead atoms. The van der Waals surface area contributed by atoms with Crippen LogP contribution in [0.5, 0.6) is 0 Å². The maximum Gasteiger partial charge on any atom is 0.154 e. The van der Waals surface area contributed by atoms with E-state index in [4.69, 9.17) is 0 Å². The first-order valence-electron chi connectivity index (χ1n) is 14.2. The lowest BCUT2D eigenvalue weighted by Gasteiger charge is -2.42. The second-order valence-corrected chi connectivity index (χ2v) is 11.9. The highest BCUT2D eigenvalue weighted by Gasteiger charge is 2.52. The van der Waals surface area contributed by atoms with E-state index in [0.717, 1.165) is 36.5 Å². The molecule has 0 aromatic rings. The van der Waals surface area contributed by atoms with Crippen LogP contribution in [-0.2, 0) is 0 Å². The van der Waals surface area contributed by atoms with Gasteiger partial charge in [-0.15, -0.1) is 0 Å². The van der Waals surface area contributed by atoms with E-state index in [1.807, 2.05) is 0 Å². The molecule has 1 saturated heterocycles. The second-order valence-electron chi connectivity index (χ2n) is 11.9. The van der Waals surface area contributed by atoms with Crippen molar-refractivity contribution in [3.05, 3.63) is 23.8 Å². The highest BCUT2D eigenvalue weighted by Crippen LogP contribution is 2.52. The van der Waals surface area contributed by atoms with E-state index in [9.17, 15) is 10.2 Å². The molecule has 0 radical (unpaired) electrons. The van der Waals surface area contributed by atoms with Crippen LogP contribution >= 0.6 is 0 Å². The van der Waals surface area contributed by atoms with Gasteiger partial charge in [0.15, 0.2) is 6.29 Å². The lowest BCUT2D eigenvalue weighted by molar-refractivity contribution is -0.0912. The SMILES string of the molecule is OC(O)C1CC=C2C(C3CCCCC3)[C@H](C3CCCCC3)N(C[C@H]3CC=CCCC3)C2C1. The zero-order chi connectivity index (χ0) is 21.9. The molecule has 0 aromatic heterocycles. The van der Waals surface area contributed by atoms with Gasteiger partial charge in [0.2, 0.25) is 0 Å². The molecule has 0 aromatic carbocycles. The van der Waals surface area contributed by atoms with E-state index in [0.29, 0.717) is 12.1 Å². The predicted octanol–water partition coefficient (Wildman–Crippen LogP) is 6.21. The number of aliphatic hydroxyl groups is 2. The van der Waals surface area contributed by atoms with Crippen LogP contribution in [0.15, 0.2) is 23.8 Å². The Morgan fingerprint density at radius 1 is 0.812 bits per heavy atom. The van der Waals surface area contributed by atoms with Gasteiger partial charge in [0.25, 0.3) is 0 Å². The van der Waals surface area contributed by atoms with Crippen molar-refractivity contribution in [2.24, 2.45) is 29.6 Å². The number of allylic oxidation sites excluding steroid dienone is 3. The molecule has 1 aliphatic heterocycles. The fourth-order valence-corrected chi connectivity index (χ4v) is 8.33. The smallest absolute Gasteiger partial charge is 0.154 e. The number of fused-ring (bicyclic) bond motifs is 1.